The minimum atomic E-state index is -1.40. The molecule has 1 aliphatic rings. The van der Waals surface area contributed by atoms with E-state index in [0.717, 1.165) is 16.8 Å². The van der Waals surface area contributed by atoms with Crippen LogP contribution in [-0.4, -0.2) is 17.6 Å². The highest BCUT2D eigenvalue weighted by Gasteiger charge is 2.47. The third-order valence-electron chi connectivity index (χ3n) is 4.23. The Balaban J connectivity index is 2.02. The van der Waals surface area contributed by atoms with E-state index < -0.39 is 5.60 Å². The second-order valence-corrected chi connectivity index (χ2v) is 6.52. The van der Waals surface area contributed by atoms with E-state index in [0.29, 0.717) is 10.6 Å². The zero-order valence-corrected chi connectivity index (χ0v) is 13.9. The summed E-state index contributed by atoms with van der Waals surface area (Å²) in [5.41, 5.74) is 2.31. The maximum absolute atomic E-state index is 12.6. The molecule has 0 aromatic heterocycles. The molecule has 23 heavy (non-hydrogen) atoms. The van der Waals surface area contributed by atoms with E-state index in [1.807, 2.05) is 32.0 Å². The molecule has 0 aliphatic carbocycles. The van der Waals surface area contributed by atoms with Crippen molar-refractivity contribution >= 4 is 23.2 Å². The van der Waals surface area contributed by atoms with Crippen LogP contribution in [0.3, 0.4) is 0 Å². The van der Waals surface area contributed by atoms with E-state index in [1.165, 1.54) is 0 Å². The van der Waals surface area contributed by atoms with E-state index in [4.69, 9.17) is 11.6 Å². The molecule has 3 nitrogen and oxygen atoms in total. The fourth-order valence-electron chi connectivity index (χ4n) is 3.04. The van der Waals surface area contributed by atoms with Gasteiger partial charge in [-0.1, -0.05) is 36.4 Å². The van der Waals surface area contributed by atoms with Crippen LogP contribution in [0.15, 0.2) is 54.6 Å². The molecule has 1 fully saturated rings. The molecule has 4 heteroatoms. The monoisotopic (exact) mass is 327 g/mol. The van der Waals surface area contributed by atoms with Crippen LogP contribution in [0.4, 0.5) is 5.69 Å². The summed E-state index contributed by atoms with van der Waals surface area (Å²) in [6, 6.07) is 12.8. The maximum atomic E-state index is 12.6. The summed E-state index contributed by atoms with van der Waals surface area (Å²) < 4.78 is 0. The number of β-amino-alcohol motifs (C(OH)–C–C–N with tert-alkyl or cyclic N) is 1. The molecule has 1 atom stereocenters. The Kier molecular flexibility index (Phi) is 3.78. The summed E-state index contributed by atoms with van der Waals surface area (Å²) in [5.74, 6) is -0.257. The van der Waals surface area contributed by atoms with E-state index in [1.54, 1.807) is 29.2 Å². The van der Waals surface area contributed by atoms with Crippen LogP contribution < -0.4 is 4.90 Å². The maximum Gasteiger partial charge on any atom is 0.257 e. The molecule has 3 rings (SSSR count). The summed E-state index contributed by atoms with van der Waals surface area (Å²) in [7, 11) is 0. The van der Waals surface area contributed by atoms with Gasteiger partial charge in [-0.2, -0.15) is 0 Å². The molecule has 1 aliphatic heterocycles. The number of aliphatic hydroxyl groups is 1. The number of carbonyl (C=O) groups is 1. The Morgan fingerprint density at radius 3 is 2.26 bits per heavy atom. The van der Waals surface area contributed by atoms with Gasteiger partial charge in [0.2, 0.25) is 0 Å². The predicted molar refractivity (Wildman–Crippen MR) is 92.8 cm³/mol. The summed E-state index contributed by atoms with van der Waals surface area (Å²) in [4.78, 5) is 14.2. The van der Waals surface area contributed by atoms with Crippen LogP contribution in [0.5, 0.6) is 0 Å². The van der Waals surface area contributed by atoms with Gasteiger partial charge in [0, 0.05) is 16.3 Å². The van der Waals surface area contributed by atoms with Crippen molar-refractivity contribution in [3.8, 4) is 0 Å². The highest BCUT2D eigenvalue weighted by molar-refractivity contribution is 6.30. The number of rotatable bonds is 2. The van der Waals surface area contributed by atoms with Gasteiger partial charge in [-0.25, -0.2) is 0 Å². The fourth-order valence-corrected chi connectivity index (χ4v) is 3.17. The van der Waals surface area contributed by atoms with Crippen molar-refractivity contribution in [1.82, 2.24) is 0 Å². The standard InChI is InChI=1S/C19H18ClNO2/c1-12-8-13(2)10-17(9-12)21-11-19(23,14(3)18(21)22)15-4-6-16(20)7-5-15/h4-10,23H,3,11H2,1-2H3. The predicted octanol–water partition coefficient (Wildman–Crippen LogP) is 3.75. The summed E-state index contributed by atoms with van der Waals surface area (Å²) >= 11 is 5.91. The number of anilines is 1. The SMILES string of the molecule is C=C1C(=O)N(c2cc(C)cc(C)c2)CC1(O)c1ccc(Cl)cc1. The van der Waals surface area contributed by atoms with Gasteiger partial charge in [-0.05, 0) is 54.8 Å². The van der Waals surface area contributed by atoms with Crippen molar-refractivity contribution in [2.45, 2.75) is 19.4 Å². The van der Waals surface area contributed by atoms with Crippen LogP contribution in [0, 0.1) is 13.8 Å². The highest BCUT2D eigenvalue weighted by atomic mass is 35.5. The molecule has 0 saturated carbocycles. The van der Waals surface area contributed by atoms with Crippen molar-refractivity contribution in [2.75, 3.05) is 11.4 Å². The van der Waals surface area contributed by atoms with Gasteiger partial charge in [0.05, 0.1) is 6.54 Å². The van der Waals surface area contributed by atoms with Crippen LogP contribution >= 0.6 is 11.6 Å². The molecule has 0 radical (unpaired) electrons. The van der Waals surface area contributed by atoms with Crippen molar-refractivity contribution < 1.29 is 9.90 Å². The van der Waals surface area contributed by atoms with Gasteiger partial charge in [0.1, 0.15) is 5.60 Å². The third kappa shape index (κ3) is 2.67. The van der Waals surface area contributed by atoms with E-state index >= 15 is 0 Å². The van der Waals surface area contributed by atoms with Crippen LogP contribution in [0.2, 0.25) is 5.02 Å². The largest absolute Gasteiger partial charge is 0.378 e. The first kappa shape index (κ1) is 15.8. The van der Waals surface area contributed by atoms with E-state index in [-0.39, 0.29) is 18.0 Å². The van der Waals surface area contributed by atoms with Crippen molar-refractivity contribution in [3.63, 3.8) is 0 Å². The molecule has 1 saturated heterocycles. The number of amides is 1. The minimum absolute atomic E-state index is 0.148. The topological polar surface area (TPSA) is 40.5 Å². The summed E-state index contributed by atoms with van der Waals surface area (Å²) in [6.07, 6.45) is 0. The number of hydrogen-bond acceptors (Lipinski definition) is 2. The van der Waals surface area contributed by atoms with Crippen LogP contribution in [0.1, 0.15) is 16.7 Å². The Labute approximate surface area is 140 Å². The first-order chi connectivity index (χ1) is 10.8. The second kappa shape index (κ2) is 5.52. The van der Waals surface area contributed by atoms with Gasteiger partial charge < -0.3 is 10.0 Å². The summed E-state index contributed by atoms with van der Waals surface area (Å²) in [6.45, 7) is 7.95. The first-order valence-electron chi connectivity index (χ1n) is 7.39. The first-order valence-corrected chi connectivity index (χ1v) is 7.77. The van der Waals surface area contributed by atoms with Gasteiger partial charge in [-0.15, -0.1) is 0 Å². The minimum Gasteiger partial charge on any atom is -0.378 e. The molecule has 1 unspecified atom stereocenters. The molecule has 118 valence electrons. The molecule has 1 N–H and O–H groups in total. The average Bonchev–Trinajstić information content (AvgIpc) is 2.72. The number of aryl methyl sites for hydroxylation is 2. The van der Waals surface area contributed by atoms with E-state index in [9.17, 15) is 9.90 Å². The zero-order valence-electron chi connectivity index (χ0n) is 13.1. The molecular formula is C19H18ClNO2. The number of nitrogens with zero attached hydrogens (tertiary/aromatic N) is 1. The zero-order chi connectivity index (χ0) is 16.8. The smallest absolute Gasteiger partial charge is 0.257 e. The number of hydrogen-bond donors (Lipinski definition) is 1. The second-order valence-electron chi connectivity index (χ2n) is 6.08. The van der Waals surface area contributed by atoms with Crippen LogP contribution in [-0.2, 0) is 10.4 Å². The van der Waals surface area contributed by atoms with Crippen LogP contribution in [0.25, 0.3) is 0 Å². The molecule has 0 spiro atoms. The fraction of sp³-hybridized carbons (Fsp3) is 0.211. The van der Waals surface area contributed by atoms with Gasteiger partial charge in [0.25, 0.3) is 5.91 Å². The van der Waals surface area contributed by atoms with Gasteiger partial charge in [-0.3, -0.25) is 4.79 Å². The van der Waals surface area contributed by atoms with E-state index in [2.05, 4.69) is 6.58 Å². The number of halogens is 1. The molecule has 0 bridgehead atoms. The number of benzene rings is 2. The van der Waals surface area contributed by atoms with Crippen molar-refractivity contribution in [3.05, 3.63) is 76.3 Å². The Hall–Kier alpha value is -2.10. The quantitative estimate of drug-likeness (QED) is 0.853. The third-order valence-corrected chi connectivity index (χ3v) is 4.48. The molecule has 2 aromatic rings. The Bertz CT molecular complexity index is 777. The van der Waals surface area contributed by atoms with Crippen molar-refractivity contribution in [1.29, 1.82) is 0 Å². The number of carbonyl (C=O) groups excluding carboxylic acids is 1. The molecule has 1 amide bonds. The van der Waals surface area contributed by atoms with Crippen molar-refractivity contribution in [2.24, 2.45) is 0 Å². The van der Waals surface area contributed by atoms with Gasteiger partial charge >= 0.3 is 0 Å². The highest BCUT2D eigenvalue weighted by Crippen LogP contribution is 2.39. The Morgan fingerprint density at radius 1 is 1.13 bits per heavy atom. The molecule has 2 aromatic carbocycles. The van der Waals surface area contributed by atoms with Gasteiger partial charge in [0.15, 0.2) is 0 Å². The average molecular weight is 328 g/mol. The lowest BCUT2D eigenvalue weighted by molar-refractivity contribution is -0.114. The normalized spacial score (nSPS) is 21.1. The lowest BCUT2D eigenvalue weighted by Crippen LogP contribution is -2.31. The molecule has 1 heterocycles. The lowest BCUT2D eigenvalue weighted by Gasteiger charge is -2.24. The summed E-state index contributed by atoms with van der Waals surface area (Å²) in [5, 5.41) is 11.6. The molecular weight excluding hydrogens is 310 g/mol. The lowest BCUT2D eigenvalue weighted by atomic mass is 9.89. The Morgan fingerprint density at radius 2 is 1.70 bits per heavy atom.